The van der Waals surface area contributed by atoms with Gasteiger partial charge in [0.05, 0.1) is 0 Å². The maximum absolute atomic E-state index is 12.0. The lowest BCUT2D eigenvalue weighted by Crippen LogP contribution is -2.28. The molecule has 0 saturated heterocycles. The van der Waals surface area contributed by atoms with Crippen molar-refractivity contribution in [3.8, 4) is 6.07 Å². The second kappa shape index (κ2) is 8.47. The van der Waals surface area contributed by atoms with Crippen LogP contribution in [0.25, 0.3) is 0 Å². The number of nitriles is 1. The van der Waals surface area contributed by atoms with E-state index >= 15 is 0 Å². The molecular weight excluding hydrogens is 280 g/mol. The summed E-state index contributed by atoms with van der Waals surface area (Å²) in [5.74, 6) is -0.597. The van der Waals surface area contributed by atoms with E-state index in [9.17, 15) is 9.59 Å². The Hall–Kier alpha value is -2.81. The van der Waals surface area contributed by atoms with E-state index < -0.39 is 5.91 Å². The molecule has 0 spiro atoms. The van der Waals surface area contributed by atoms with Gasteiger partial charge in [0.25, 0.3) is 5.91 Å². The Labute approximate surface area is 130 Å². The van der Waals surface area contributed by atoms with Crippen molar-refractivity contribution in [1.82, 2.24) is 10.6 Å². The van der Waals surface area contributed by atoms with Gasteiger partial charge in [-0.25, -0.2) is 0 Å². The Morgan fingerprint density at radius 2 is 2.00 bits per heavy atom. The largest absolute Gasteiger partial charge is 0.388 e. The van der Waals surface area contributed by atoms with Crippen molar-refractivity contribution in [2.24, 2.45) is 0 Å². The zero-order valence-corrected chi connectivity index (χ0v) is 13.0. The Bertz CT molecular complexity index is 630. The zero-order chi connectivity index (χ0) is 16.5. The van der Waals surface area contributed by atoms with Crippen molar-refractivity contribution in [3.05, 3.63) is 41.1 Å². The summed E-state index contributed by atoms with van der Waals surface area (Å²) in [6, 6.07) is 7.51. The molecule has 1 aromatic carbocycles. The number of carbonyl (C=O) groups is 2. The molecule has 6 heteroatoms. The number of nitrogens with zero attached hydrogens (tertiary/aromatic N) is 1. The molecule has 0 radical (unpaired) electrons. The van der Waals surface area contributed by atoms with E-state index in [1.165, 1.54) is 13.1 Å². The molecule has 0 aliphatic carbocycles. The molecule has 0 bridgehead atoms. The number of amides is 2. The molecule has 0 saturated carbocycles. The summed E-state index contributed by atoms with van der Waals surface area (Å²) in [4.78, 5) is 22.7. The number of aryl methyl sites for hydroxylation is 2. The van der Waals surface area contributed by atoms with Gasteiger partial charge in [-0.1, -0.05) is 17.7 Å². The molecule has 0 fully saturated rings. The van der Waals surface area contributed by atoms with Gasteiger partial charge in [0.15, 0.2) is 0 Å². The van der Waals surface area contributed by atoms with E-state index in [1.54, 1.807) is 0 Å². The number of anilines is 1. The van der Waals surface area contributed by atoms with Crippen LogP contribution < -0.4 is 16.0 Å². The third kappa shape index (κ3) is 5.67. The lowest BCUT2D eigenvalue weighted by molar-refractivity contribution is -0.119. The third-order valence-corrected chi connectivity index (χ3v) is 2.88. The van der Waals surface area contributed by atoms with Gasteiger partial charge in [-0.15, -0.1) is 0 Å². The Morgan fingerprint density at radius 3 is 2.59 bits per heavy atom. The SMILES string of the molecule is CC(=O)NCCN/C=C(/C#N)C(=O)Nc1ccc(C)cc1C. The van der Waals surface area contributed by atoms with Gasteiger partial charge >= 0.3 is 0 Å². The molecule has 0 unspecified atom stereocenters. The second-order valence-corrected chi connectivity index (χ2v) is 4.88. The fraction of sp³-hybridized carbons (Fsp3) is 0.312. The fourth-order valence-corrected chi connectivity index (χ4v) is 1.78. The van der Waals surface area contributed by atoms with Crippen LogP contribution in [0.4, 0.5) is 5.69 Å². The van der Waals surface area contributed by atoms with Crippen LogP contribution in [0.5, 0.6) is 0 Å². The monoisotopic (exact) mass is 300 g/mol. The molecule has 0 heterocycles. The quantitative estimate of drug-likeness (QED) is 0.420. The summed E-state index contributed by atoms with van der Waals surface area (Å²) in [6.45, 7) is 6.14. The minimum Gasteiger partial charge on any atom is -0.388 e. The predicted molar refractivity (Wildman–Crippen MR) is 84.9 cm³/mol. The van der Waals surface area contributed by atoms with Gasteiger partial charge in [-0.05, 0) is 25.5 Å². The minimum atomic E-state index is -0.471. The standard InChI is InChI=1S/C16H20N4O2/c1-11-4-5-15(12(2)8-11)20-16(22)14(9-17)10-18-6-7-19-13(3)21/h4-5,8,10,18H,6-7H2,1-3H3,(H,19,21)(H,20,22)/b14-10-. The van der Waals surface area contributed by atoms with Crippen LogP contribution in [0, 0.1) is 25.2 Å². The van der Waals surface area contributed by atoms with Crippen molar-refractivity contribution < 1.29 is 9.59 Å². The van der Waals surface area contributed by atoms with Crippen molar-refractivity contribution in [2.75, 3.05) is 18.4 Å². The average molecular weight is 300 g/mol. The Kier molecular flexibility index (Phi) is 6.64. The van der Waals surface area contributed by atoms with Crippen molar-refractivity contribution in [2.45, 2.75) is 20.8 Å². The zero-order valence-electron chi connectivity index (χ0n) is 13.0. The summed E-state index contributed by atoms with van der Waals surface area (Å²) in [5.41, 5.74) is 2.69. The molecule has 6 nitrogen and oxygen atoms in total. The number of rotatable bonds is 6. The van der Waals surface area contributed by atoms with E-state index in [2.05, 4.69) is 16.0 Å². The number of hydrogen-bond acceptors (Lipinski definition) is 4. The summed E-state index contributed by atoms with van der Waals surface area (Å²) in [7, 11) is 0. The fourth-order valence-electron chi connectivity index (χ4n) is 1.78. The van der Waals surface area contributed by atoms with E-state index in [0.29, 0.717) is 18.8 Å². The molecule has 116 valence electrons. The highest BCUT2D eigenvalue weighted by atomic mass is 16.2. The first-order valence-corrected chi connectivity index (χ1v) is 6.90. The normalized spacial score (nSPS) is 10.5. The number of benzene rings is 1. The summed E-state index contributed by atoms with van der Waals surface area (Å²) >= 11 is 0. The molecule has 22 heavy (non-hydrogen) atoms. The maximum atomic E-state index is 12.0. The highest BCUT2D eigenvalue weighted by molar-refractivity contribution is 6.06. The first kappa shape index (κ1) is 17.2. The van der Waals surface area contributed by atoms with Crippen LogP contribution in [0.2, 0.25) is 0 Å². The highest BCUT2D eigenvalue weighted by Gasteiger charge is 2.10. The summed E-state index contributed by atoms with van der Waals surface area (Å²) in [6.07, 6.45) is 1.35. The summed E-state index contributed by atoms with van der Waals surface area (Å²) < 4.78 is 0. The molecule has 3 N–H and O–H groups in total. The molecule has 1 aromatic rings. The van der Waals surface area contributed by atoms with E-state index in [0.717, 1.165) is 11.1 Å². The van der Waals surface area contributed by atoms with Crippen molar-refractivity contribution in [1.29, 1.82) is 5.26 Å². The Balaban J connectivity index is 2.60. The first-order chi connectivity index (χ1) is 10.4. The van der Waals surface area contributed by atoms with E-state index in [4.69, 9.17) is 5.26 Å². The van der Waals surface area contributed by atoms with Gasteiger partial charge in [0, 0.05) is 31.9 Å². The van der Waals surface area contributed by atoms with Crippen LogP contribution in [-0.2, 0) is 9.59 Å². The van der Waals surface area contributed by atoms with Crippen molar-refractivity contribution >= 4 is 17.5 Å². The predicted octanol–water partition coefficient (Wildman–Crippen LogP) is 1.38. The molecule has 0 atom stereocenters. The van der Waals surface area contributed by atoms with Crippen LogP contribution in [0.1, 0.15) is 18.1 Å². The maximum Gasteiger partial charge on any atom is 0.267 e. The third-order valence-electron chi connectivity index (χ3n) is 2.88. The first-order valence-electron chi connectivity index (χ1n) is 6.90. The van der Waals surface area contributed by atoms with Crippen LogP contribution in [0.3, 0.4) is 0 Å². The molecule has 0 aromatic heterocycles. The number of nitrogens with one attached hydrogen (secondary N) is 3. The van der Waals surface area contributed by atoms with Gasteiger partial charge < -0.3 is 16.0 Å². The second-order valence-electron chi connectivity index (χ2n) is 4.88. The van der Waals surface area contributed by atoms with E-state index in [-0.39, 0.29) is 11.5 Å². The lowest BCUT2D eigenvalue weighted by Gasteiger charge is -2.09. The minimum absolute atomic E-state index is 0.0252. The van der Waals surface area contributed by atoms with Crippen LogP contribution >= 0.6 is 0 Å². The summed E-state index contributed by atoms with van der Waals surface area (Å²) in [5, 5.41) is 17.2. The molecule has 0 aliphatic rings. The topological polar surface area (TPSA) is 94.0 Å². The molecular formula is C16H20N4O2. The number of hydrogen-bond donors (Lipinski definition) is 3. The number of carbonyl (C=O) groups excluding carboxylic acids is 2. The van der Waals surface area contributed by atoms with E-state index in [1.807, 2.05) is 38.1 Å². The van der Waals surface area contributed by atoms with Gasteiger partial charge in [-0.2, -0.15) is 5.26 Å². The molecule has 1 rings (SSSR count). The lowest BCUT2D eigenvalue weighted by atomic mass is 10.1. The average Bonchev–Trinajstić information content (AvgIpc) is 2.45. The highest BCUT2D eigenvalue weighted by Crippen LogP contribution is 2.16. The molecule has 2 amide bonds. The van der Waals surface area contributed by atoms with Gasteiger partial charge in [0.2, 0.25) is 5.91 Å². The van der Waals surface area contributed by atoms with Gasteiger partial charge in [-0.3, -0.25) is 9.59 Å². The van der Waals surface area contributed by atoms with Crippen LogP contribution in [-0.4, -0.2) is 24.9 Å². The smallest absolute Gasteiger partial charge is 0.267 e. The van der Waals surface area contributed by atoms with Crippen LogP contribution in [0.15, 0.2) is 30.0 Å². The molecule has 0 aliphatic heterocycles. The Morgan fingerprint density at radius 1 is 1.27 bits per heavy atom. The van der Waals surface area contributed by atoms with Gasteiger partial charge in [0.1, 0.15) is 11.6 Å². The van der Waals surface area contributed by atoms with Crippen molar-refractivity contribution in [3.63, 3.8) is 0 Å².